The summed E-state index contributed by atoms with van der Waals surface area (Å²) in [6.07, 6.45) is 5.59. The smallest absolute Gasteiger partial charge is 0.191 e. The van der Waals surface area contributed by atoms with Crippen LogP contribution in [0.25, 0.3) is 0 Å². The van der Waals surface area contributed by atoms with Gasteiger partial charge >= 0.3 is 0 Å². The molecule has 2 aliphatic rings. The lowest BCUT2D eigenvalue weighted by Gasteiger charge is -2.33. The van der Waals surface area contributed by atoms with E-state index in [1.165, 1.54) is 30.5 Å². The van der Waals surface area contributed by atoms with E-state index >= 15 is 0 Å². The van der Waals surface area contributed by atoms with Crippen molar-refractivity contribution in [2.45, 2.75) is 31.8 Å². The number of nitrogens with one attached hydrogen (secondary N) is 2. The van der Waals surface area contributed by atoms with Crippen LogP contribution in [0.15, 0.2) is 52.1 Å². The molecule has 3 heterocycles. The minimum atomic E-state index is 0.224. The molecule has 0 spiro atoms. The summed E-state index contributed by atoms with van der Waals surface area (Å²) in [6, 6.07) is 13.0. The van der Waals surface area contributed by atoms with Crippen LogP contribution in [-0.4, -0.2) is 63.8 Å². The third-order valence-corrected chi connectivity index (χ3v) is 6.16. The SMILES string of the molecule is CN=C(NCc1ccc(N2CCOCC2)cc1)NCC(c1ccco1)N1CCCCC1. The van der Waals surface area contributed by atoms with Crippen molar-refractivity contribution in [3.63, 3.8) is 0 Å². The van der Waals surface area contributed by atoms with Crippen LogP contribution in [0.3, 0.4) is 0 Å². The molecule has 168 valence electrons. The van der Waals surface area contributed by atoms with Crippen molar-refractivity contribution in [3.05, 3.63) is 54.0 Å². The topological polar surface area (TPSA) is 65.3 Å². The quantitative estimate of drug-likeness (QED) is 0.525. The number of benzene rings is 1. The second-order valence-corrected chi connectivity index (χ2v) is 8.20. The van der Waals surface area contributed by atoms with Gasteiger partial charge in [-0.3, -0.25) is 9.89 Å². The van der Waals surface area contributed by atoms with E-state index in [-0.39, 0.29) is 6.04 Å². The minimum Gasteiger partial charge on any atom is -0.468 e. The van der Waals surface area contributed by atoms with Crippen LogP contribution in [0.5, 0.6) is 0 Å². The summed E-state index contributed by atoms with van der Waals surface area (Å²) in [5.74, 6) is 1.83. The van der Waals surface area contributed by atoms with E-state index in [1.807, 2.05) is 13.1 Å². The fourth-order valence-corrected chi connectivity index (χ4v) is 4.37. The number of rotatable bonds is 7. The van der Waals surface area contributed by atoms with E-state index in [0.717, 1.165) is 64.2 Å². The van der Waals surface area contributed by atoms with Crippen LogP contribution in [0.2, 0.25) is 0 Å². The predicted octanol–water partition coefficient (Wildman–Crippen LogP) is 3.01. The van der Waals surface area contributed by atoms with Crippen molar-refractivity contribution < 1.29 is 9.15 Å². The number of morpholine rings is 1. The Kier molecular flexibility index (Phi) is 7.85. The first-order valence-electron chi connectivity index (χ1n) is 11.5. The lowest BCUT2D eigenvalue weighted by atomic mass is 10.1. The van der Waals surface area contributed by atoms with Crippen molar-refractivity contribution in [2.24, 2.45) is 4.99 Å². The van der Waals surface area contributed by atoms with E-state index in [2.05, 4.69) is 55.8 Å². The third-order valence-electron chi connectivity index (χ3n) is 6.16. The first kappa shape index (κ1) is 21.7. The normalized spacial score (nSPS) is 19.3. The largest absolute Gasteiger partial charge is 0.468 e. The molecule has 7 nitrogen and oxygen atoms in total. The maximum atomic E-state index is 5.75. The zero-order valence-corrected chi connectivity index (χ0v) is 18.6. The van der Waals surface area contributed by atoms with Gasteiger partial charge in [-0.2, -0.15) is 0 Å². The number of furan rings is 1. The number of anilines is 1. The summed E-state index contributed by atoms with van der Waals surface area (Å²) in [5, 5.41) is 6.95. The van der Waals surface area contributed by atoms with Gasteiger partial charge in [-0.05, 0) is 55.8 Å². The monoisotopic (exact) mass is 425 g/mol. The number of aliphatic imine (C=N–C) groups is 1. The van der Waals surface area contributed by atoms with Crippen molar-refractivity contribution >= 4 is 11.6 Å². The number of likely N-dealkylation sites (tertiary alicyclic amines) is 1. The van der Waals surface area contributed by atoms with Crippen LogP contribution in [-0.2, 0) is 11.3 Å². The van der Waals surface area contributed by atoms with E-state index in [9.17, 15) is 0 Å². The van der Waals surface area contributed by atoms with Crippen LogP contribution >= 0.6 is 0 Å². The van der Waals surface area contributed by atoms with Gasteiger partial charge in [0.25, 0.3) is 0 Å². The molecule has 4 rings (SSSR count). The van der Waals surface area contributed by atoms with E-state index in [1.54, 1.807) is 6.26 Å². The van der Waals surface area contributed by atoms with Gasteiger partial charge in [-0.15, -0.1) is 0 Å². The van der Waals surface area contributed by atoms with Gasteiger partial charge < -0.3 is 24.7 Å². The highest BCUT2D eigenvalue weighted by molar-refractivity contribution is 5.79. The Morgan fingerprint density at radius 1 is 1.00 bits per heavy atom. The molecule has 0 amide bonds. The summed E-state index contributed by atoms with van der Waals surface area (Å²) in [7, 11) is 1.82. The van der Waals surface area contributed by atoms with E-state index < -0.39 is 0 Å². The summed E-state index contributed by atoms with van der Waals surface area (Å²) in [6.45, 7) is 7.28. The van der Waals surface area contributed by atoms with Gasteiger partial charge in [0.15, 0.2) is 5.96 Å². The number of nitrogens with zero attached hydrogens (tertiary/aromatic N) is 3. The molecule has 1 atom stereocenters. The van der Waals surface area contributed by atoms with Crippen LogP contribution in [0.4, 0.5) is 5.69 Å². The maximum absolute atomic E-state index is 5.75. The fraction of sp³-hybridized carbons (Fsp3) is 0.542. The average molecular weight is 426 g/mol. The minimum absolute atomic E-state index is 0.224. The fourth-order valence-electron chi connectivity index (χ4n) is 4.37. The first-order valence-corrected chi connectivity index (χ1v) is 11.5. The number of ether oxygens (including phenoxy) is 1. The van der Waals surface area contributed by atoms with Gasteiger partial charge in [0.2, 0.25) is 0 Å². The van der Waals surface area contributed by atoms with Crippen LogP contribution in [0, 0.1) is 0 Å². The summed E-state index contributed by atoms with van der Waals surface area (Å²) in [4.78, 5) is 9.31. The lowest BCUT2D eigenvalue weighted by Crippen LogP contribution is -2.44. The van der Waals surface area contributed by atoms with Gasteiger partial charge in [0.05, 0.1) is 25.5 Å². The van der Waals surface area contributed by atoms with Gasteiger partial charge in [0, 0.05) is 38.9 Å². The molecule has 0 aliphatic carbocycles. The molecule has 2 aliphatic heterocycles. The molecule has 0 bridgehead atoms. The Bertz CT molecular complexity index is 794. The Morgan fingerprint density at radius 2 is 1.77 bits per heavy atom. The van der Waals surface area contributed by atoms with Crippen molar-refractivity contribution in [2.75, 3.05) is 57.9 Å². The summed E-state index contributed by atoms with van der Waals surface area (Å²) >= 11 is 0. The van der Waals surface area contributed by atoms with E-state index in [0.29, 0.717) is 0 Å². The Morgan fingerprint density at radius 3 is 2.45 bits per heavy atom. The lowest BCUT2D eigenvalue weighted by molar-refractivity contribution is 0.122. The third kappa shape index (κ3) is 6.02. The standard InChI is InChI=1S/C24H35N5O2/c1-25-24(26-18-20-7-9-21(10-8-20)28-13-16-30-17-14-28)27-19-22(23-6-5-15-31-23)29-11-3-2-4-12-29/h5-10,15,22H,2-4,11-14,16-19H2,1H3,(H2,25,26,27). The molecule has 2 N–H and O–H groups in total. The van der Waals surface area contributed by atoms with E-state index in [4.69, 9.17) is 9.15 Å². The number of guanidine groups is 1. The molecule has 2 aromatic rings. The molecule has 1 unspecified atom stereocenters. The molecular formula is C24H35N5O2. The highest BCUT2D eigenvalue weighted by Crippen LogP contribution is 2.24. The second kappa shape index (κ2) is 11.2. The zero-order chi connectivity index (χ0) is 21.3. The van der Waals surface area contributed by atoms with Gasteiger partial charge in [0.1, 0.15) is 5.76 Å². The maximum Gasteiger partial charge on any atom is 0.191 e. The summed E-state index contributed by atoms with van der Waals surface area (Å²) < 4.78 is 11.2. The number of piperidine rings is 1. The van der Waals surface area contributed by atoms with Crippen LogP contribution in [0.1, 0.15) is 36.6 Å². The Labute approximate surface area is 185 Å². The Hall–Kier alpha value is -2.51. The molecule has 1 aromatic heterocycles. The molecule has 7 heteroatoms. The molecule has 0 saturated carbocycles. The first-order chi connectivity index (χ1) is 15.3. The molecule has 0 radical (unpaired) electrons. The van der Waals surface area contributed by atoms with Crippen molar-refractivity contribution in [1.82, 2.24) is 15.5 Å². The predicted molar refractivity (Wildman–Crippen MR) is 125 cm³/mol. The highest BCUT2D eigenvalue weighted by atomic mass is 16.5. The second-order valence-electron chi connectivity index (χ2n) is 8.20. The molecule has 1 aromatic carbocycles. The highest BCUT2D eigenvalue weighted by Gasteiger charge is 2.24. The molecule has 31 heavy (non-hydrogen) atoms. The van der Waals surface area contributed by atoms with Gasteiger partial charge in [-0.25, -0.2) is 0 Å². The molecule has 2 fully saturated rings. The van der Waals surface area contributed by atoms with Crippen molar-refractivity contribution in [1.29, 1.82) is 0 Å². The number of hydrogen-bond acceptors (Lipinski definition) is 5. The summed E-state index contributed by atoms with van der Waals surface area (Å²) in [5.41, 5.74) is 2.50. The number of hydrogen-bond donors (Lipinski definition) is 2. The van der Waals surface area contributed by atoms with Crippen LogP contribution < -0.4 is 15.5 Å². The Balaban J connectivity index is 1.29. The zero-order valence-electron chi connectivity index (χ0n) is 18.6. The average Bonchev–Trinajstić information content (AvgIpc) is 3.37. The van der Waals surface area contributed by atoms with Crippen molar-refractivity contribution in [3.8, 4) is 0 Å². The molecular weight excluding hydrogens is 390 g/mol. The van der Waals surface area contributed by atoms with Gasteiger partial charge in [-0.1, -0.05) is 18.6 Å². The molecule has 2 saturated heterocycles.